The number of piperidine rings is 1. The summed E-state index contributed by atoms with van der Waals surface area (Å²) in [6, 6.07) is 4.77. The Kier molecular flexibility index (Phi) is 7.75. The normalized spacial score (nSPS) is 15.3. The summed E-state index contributed by atoms with van der Waals surface area (Å²) in [5.41, 5.74) is 1.63. The number of carbonyl (C=O) groups is 2. The Labute approximate surface area is 193 Å². The minimum absolute atomic E-state index is 0.00545. The number of rotatable bonds is 8. The van der Waals surface area contributed by atoms with Crippen molar-refractivity contribution in [2.45, 2.75) is 44.9 Å². The summed E-state index contributed by atoms with van der Waals surface area (Å²) >= 11 is 0. The highest BCUT2D eigenvalue weighted by Crippen LogP contribution is 2.38. The Bertz CT molecular complexity index is 1120. The molecule has 1 saturated heterocycles. The van der Waals surface area contributed by atoms with Gasteiger partial charge in [0.05, 0.1) is 30.9 Å². The summed E-state index contributed by atoms with van der Waals surface area (Å²) < 4.78 is 44.1. The molecule has 1 aliphatic rings. The van der Waals surface area contributed by atoms with E-state index in [9.17, 15) is 18.0 Å². The average Bonchev–Trinajstić information content (AvgIpc) is 3.20. The van der Waals surface area contributed by atoms with E-state index in [1.54, 1.807) is 19.1 Å². The molecule has 1 aliphatic heterocycles. The second kappa shape index (κ2) is 10.3. The molecule has 1 fully saturated rings. The van der Waals surface area contributed by atoms with Crippen LogP contribution in [-0.2, 0) is 30.8 Å². The van der Waals surface area contributed by atoms with Gasteiger partial charge in [-0.1, -0.05) is 18.1 Å². The van der Waals surface area contributed by atoms with Gasteiger partial charge in [-0.2, -0.15) is 4.31 Å². The fourth-order valence-electron chi connectivity index (χ4n) is 3.87. The molecule has 0 radical (unpaired) electrons. The molecule has 1 N–H and O–H groups in total. The zero-order chi connectivity index (χ0) is 24.2. The van der Waals surface area contributed by atoms with Crippen LogP contribution in [0, 0.1) is 5.92 Å². The van der Waals surface area contributed by atoms with Crippen LogP contribution in [-0.4, -0.2) is 56.6 Å². The summed E-state index contributed by atoms with van der Waals surface area (Å²) in [4.78, 5) is 23.6. The molecule has 1 amide bonds. The molecular weight excluding hydrogens is 450 g/mol. The van der Waals surface area contributed by atoms with Gasteiger partial charge in [0.1, 0.15) is 10.6 Å². The van der Waals surface area contributed by atoms with Gasteiger partial charge in [0.2, 0.25) is 21.8 Å². The van der Waals surface area contributed by atoms with Crippen LogP contribution in [0.5, 0.6) is 5.75 Å². The Morgan fingerprint density at radius 2 is 1.94 bits per heavy atom. The zero-order valence-corrected chi connectivity index (χ0v) is 20.0. The molecule has 11 heteroatoms. The van der Waals surface area contributed by atoms with Gasteiger partial charge in [-0.15, -0.1) is 0 Å². The van der Waals surface area contributed by atoms with Crippen LogP contribution in [0.1, 0.15) is 39.3 Å². The first-order chi connectivity index (χ1) is 15.7. The lowest BCUT2D eigenvalue weighted by atomic mass is 9.98. The number of sulfonamides is 1. The molecule has 0 aliphatic carbocycles. The minimum Gasteiger partial charge on any atom is -0.495 e. The molecule has 2 heterocycles. The van der Waals surface area contributed by atoms with Crippen LogP contribution in [0.25, 0.3) is 11.1 Å². The van der Waals surface area contributed by atoms with Gasteiger partial charge >= 0.3 is 5.97 Å². The van der Waals surface area contributed by atoms with Crippen LogP contribution in [0.3, 0.4) is 0 Å². The Balaban J connectivity index is 1.96. The molecule has 1 aromatic heterocycles. The van der Waals surface area contributed by atoms with E-state index in [0.29, 0.717) is 42.7 Å². The van der Waals surface area contributed by atoms with Gasteiger partial charge in [-0.25, -0.2) is 8.42 Å². The molecule has 10 nitrogen and oxygen atoms in total. The molecule has 3 rings (SSSR count). The number of hydrogen-bond donors (Lipinski definition) is 1. The second-order valence-corrected chi connectivity index (χ2v) is 9.57. The number of carbonyl (C=O) groups excluding carboxylic acids is 2. The summed E-state index contributed by atoms with van der Waals surface area (Å²) in [7, 11) is -2.51. The lowest BCUT2D eigenvalue weighted by Crippen LogP contribution is -2.40. The molecule has 1 aromatic carbocycles. The number of benzene rings is 1. The third-order valence-corrected chi connectivity index (χ3v) is 7.45. The molecule has 0 unspecified atom stereocenters. The topological polar surface area (TPSA) is 128 Å². The fourth-order valence-corrected chi connectivity index (χ4v) is 5.52. The highest BCUT2D eigenvalue weighted by molar-refractivity contribution is 7.89. The van der Waals surface area contributed by atoms with Crippen molar-refractivity contribution in [2.75, 3.05) is 32.1 Å². The number of amides is 1. The van der Waals surface area contributed by atoms with Gasteiger partial charge in [0.25, 0.3) is 0 Å². The number of nitrogens with one attached hydrogen (secondary N) is 1. The van der Waals surface area contributed by atoms with E-state index in [1.165, 1.54) is 24.4 Å². The SMILES string of the molecule is CCOC(=O)C1CCN(S(=O)(=O)c2cc(-c3c(CC)noc3NC(C)=O)ccc2OC)CC1. The first kappa shape index (κ1) is 24.7. The first-order valence-electron chi connectivity index (χ1n) is 10.8. The maximum absolute atomic E-state index is 13.5. The largest absolute Gasteiger partial charge is 0.495 e. The smallest absolute Gasteiger partial charge is 0.309 e. The van der Waals surface area contributed by atoms with Crippen molar-refractivity contribution in [1.82, 2.24) is 9.46 Å². The molecule has 0 spiro atoms. The summed E-state index contributed by atoms with van der Waals surface area (Å²) in [5.74, 6) is -0.584. The van der Waals surface area contributed by atoms with Crippen LogP contribution in [0.4, 0.5) is 5.88 Å². The molecule has 0 saturated carbocycles. The van der Waals surface area contributed by atoms with Gasteiger partial charge in [0.15, 0.2) is 0 Å². The summed E-state index contributed by atoms with van der Waals surface area (Å²) in [6.45, 7) is 5.67. The van der Waals surface area contributed by atoms with Crippen LogP contribution < -0.4 is 10.1 Å². The number of aryl methyl sites for hydroxylation is 1. The monoisotopic (exact) mass is 479 g/mol. The molecular formula is C22H29N3O7S. The highest BCUT2D eigenvalue weighted by atomic mass is 32.2. The maximum Gasteiger partial charge on any atom is 0.309 e. The molecule has 180 valence electrons. The third-order valence-electron chi connectivity index (χ3n) is 5.53. The highest BCUT2D eigenvalue weighted by Gasteiger charge is 2.34. The van der Waals surface area contributed by atoms with E-state index in [4.69, 9.17) is 14.0 Å². The molecule has 0 atom stereocenters. The van der Waals surface area contributed by atoms with E-state index in [2.05, 4.69) is 10.5 Å². The van der Waals surface area contributed by atoms with E-state index in [0.717, 1.165) is 0 Å². The molecule has 2 aromatic rings. The standard InChI is InChI=1S/C22H29N3O7S/c1-5-17-20(21(32-24-17)23-14(3)26)16-7-8-18(30-4)19(13-16)33(28,29)25-11-9-15(10-12-25)22(27)31-6-2/h7-8,13,15H,5-6,9-12H2,1-4H3,(H,23,26). The number of aromatic nitrogens is 1. The lowest BCUT2D eigenvalue weighted by Gasteiger charge is -2.30. The van der Waals surface area contributed by atoms with Crippen molar-refractivity contribution >= 4 is 27.8 Å². The number of ether oxygens (including phenoxy) is 2. The van der Waals surface area contributed by atoms with Crippen molar-refractivity contribution in [2.24, 2.45) is 5.92 Å². The second-order valence-electron chi connectivity index (χ2n) is 7.66. The van der Waals surface area contributed by atoms with Crippen LogP contribution in [0.15, 0.2) is 27.6 Å². The summed E-state index contributed by atoms with van der Waals surface area (Å²) in [5, 5.41) is 6.60. The summed E-state index contributed by atoms with van der Waals surface area (Å²) in [6.07, 6.45) is 1.30. The maximum atomic E-state index is 13.5. The van der Waals surface area contributed by atoms with Crippen molar-refractivity contribution in [3.63, 3.8) is 0 Å². The Hall–Kier alpha value is -2.92. The quantitative estimate of drug-likeness (QED) is 0.573. The van der Waals surface area contributed by atoms with Crippen LogP contribution >= 0.6 is 0 Å². The van der Waals surface area contributed by atoms with E-state index in [1.807, 2.05) is 6.92 Å². The first-order valence-corrected chi connectivity index (χ1v) is 12.3. The van der Waals surface area contributed by atoms with Crippen molar-refractivity contribution in [1.29, 1.82) is 0 Å². The van der Waals surface area contributed by atoms with Crippen molar-refractivity contribution in [3.8, 4) is 16.9 Å². The van der Waals surface area contributed by atoms with Gasteiger partial charge in [-0.05, 0) is 43.9 Å². The molecule has 0 bridgehead atoms. The zero-order valence-electron chi connectivity index (χ0n) is 19.2. The number of methoxy groups -OCH3 is 1. The van der Waals surface area contributed by atoms with Gasteiger partial charge < -0.3 is 14.0 Å². The minimum atomic E-state index is -3.92. The van der Waals surface area contributed by atoms with E-state index < -0.39 is 10.0 Å². The third kappa shape index (κ3) is 5.19. The van der Waals surface area contributed by atoms with Crippen LogP contribution in [0.2, 0.25) is 0 Å². The number of esters is 1. The predicted molar refractivity (Wildman–Crippen MR) is 120 cm³/mol. The average molecular weight is 480 g/mol. The van der Waals surface area contributed by atoms with E-state index in [-0.39, 0.29) is 47.4 Å². The Morgan fingerprint density at radius 3 is 2.52 bits per heavy atom. The van der Waals surface area contributed by atoms with Crippen molar-refractivity contribution < 1.29 is 32.0 Å². The number of anilines is 1. The number of nitrogens with zero attached hydrogens (tertiary/aromatic N) is 2. The fraction of sp³-hybridized carbons (Fsp3) is 0.500. The number of hydrogen-bond acceptors (Lipinski definition) is 8. The van der Waals surface area contributed by atoms with E-state index >= 15 is 0 Å². The molecule has 33 heavy (non-hydrogen) atoms. The van der Waals surface area contributed by atoms with Gasteiger partial charge in [-0.3, -0.25) is 14.9 Å². The Morgan fingerprint density at radius 1 is 1.24 bits per heavy atom. The van der Waals surface area contributed by atoms with Crippen molar-refractivity contribution in [3.05, 3.63) is 23.9 Å². The van der Waals surface area contributed by atoms with Gasteiger partial charge in [0, 0.05) is 20.0 Å². The lowest BCUT2D eigenvalue weighted by molar-refractivity contribution is -0.149. The predicted octanol–water partition coefficient (Wildman–Crippen LogP) is 2.83.